The molecular formula is C23H21ClN6O4. The maximum atomic E-state index is 13.3. The fourth-order valence-corrected chi connectivity index (χ4v) is 3.80. The number of carbonyl (C=O) groups is 2. The van der Waals surface area contributed by atoms with Gasteiger partial charge in [0.2, 0.25) is 5.88 Å². The molecule has 10 nitrogen and oxygen atoms in total. The second kappa shape index (κ2) is 9.36. The Bertz CT molecular complexity index is 1420. The van der Waals surface area contributed by atoms with Crippen molar-refractivity contribution in [2.45, 2.75) is 13.5 Å². The van der Waals surface area contributed by atoms with Crippen molar-refractivity contribution in [1.82, 2.24) is 19.5 Å². The number of Topliss-reactive ketones (excluding diaryl/α,β-unsaturated/α-hetero) is 1. The first-order valence-corrected chi connectivity index (χ1v) is 10.5. The van der Waals surface area contributed by atoms with Crippen molar-refractivity contribution in [1.29, 1.82) is 0 Å². The van der Waals surface area contributed by atoms with E-state index in [1.165, 1.54) is 38.9 Å². The molecule has 0 fully saturated rings. The summed E-state index contributed by atoms with van der Waals surface area (Å²) < 4.78 is 12.1. The first-order chi connectivity index (χ1) is 16.3. The zero-order valence-corrected chi connectivity index (χ0v) is 19.4. The van der Waals surface area contributed by atoms with Gasteiger partial charge in [-0.1, -0.05) is 11.6 Å². The van der Waals surface area contributed by atoms with Crippen molar-refractivity contribution >= 4 is 45.7 Å². The SMILES string of the molecule is COc1cnc2c(c1)c(C(=O)C(=O)Nc1ccnc(OC)c1)c(C)n2Cc1ncc(N)cc1Cl. The van der Waals surface area contributed by atoms with Gasteiger partial charge in [-0.15, -0.1) is 0 Å². The Morgan fingerprint density at radius 2 is 1.91 bits per heavy atom. The molecule has 4 aromatic rings. The fourth-order valence-electron chi connectivity index (χ4n) is 3.57. The van der Waals surface area contributed by atoms with Crippen LogP contribution in [0.25, 0.3) is 11.0 Å². The number of methoxy groups -OCH3 is 2. The summed E-state index contributed by atoms with van der Waals surface area (Å²) in [7, 11) is 2.95. The molecule has 0 saturated heterocycles. The molecule has 11 heteroatoms. The van der Waals surface area contributed by atoms with Gasteiger partial charge in [0.1, 0.15) is 11.4 Å². The number of anilines is 2. The van der Waals surface area contributed by atoms with Crippen LogP contribution in [-0.4, -0.2) is 45.4 Å². The van der Waals surface area contributed by atoms with Gasteiger partial charge < -0.3 is 25.1 Å². The van der Waals surface area contributed by atoms with Crippen LogP contribution in [0.15, 0.2) is 42.9 Å². The smallest absolute Gasteiger partial charge is 0.296 e. The van der Waals surface area contributed by atoms with Gasteiger partial charge in [0.25, 0.3) is 11.7 Å². The predicted molar refractivity (Wildman–Crippen MR) is 128 cm³/mol. The number of ether oxygens (including phenoxy) is 2. The Labute approximate surface area is 199 Å². The highest BCUT2D eigenvalue weighted by molar-refractivity contribution is 6.48. The van der Waals surface area contributed by atoms with Gasteiger partial charge >= 0.3 is 0 Å². The van der Waals surface area contributed by atoms with Crippen LogP contribution in [0.5, 0.6) is 11.6 Å². The van der Waals surface area contributed by atoms with E-state index >= 15 is 0 Å². The van der Waals surface area contributed by atoms with E-state index < -0.39 is 11.7 Å². The van der Waals surface area contributed by atoms with E-state index in [1.54, 1.807) is 29.7 Å². The Balaban J connectivity index is 1.77. The number of fused-ring (bicyclic) bond motifs is 1. The summed E-state index contributed by atoms with van der Waals surface area (Å²) in [4.78, 5) is 39.0. The van der Waals surface area contributed by atoms with E-state index in [0.29, 0.717) is 50.4 Å². The monoisotopic (exact) mass is 480 g/mol. The molecule has 4 aromatic heterocycles. The molecule has 0 radical (unpaired) electrons. The number of halogens is 1. The fraction of sp³-hybridized carbons (Fsp3) is 0.174. The molecule has 34 heavy (non-hydrogen) atoms. The first kappa shape index (κ1) is 23.0. The molecule has 0 aromatic carbocycles. The lowest BCUT2D eigenvalue weighted by atomic mass is 10.1. The van der Waals surface area contributed by atoms with Gasteiger partial charge in [0.15, 0.2) is 0 Å². The second-order valence-electron chi connectivity index (χ2n) is 7.36. The zero-order valence-electron chi connectivity index (χ0n) is 18.6. The number of nitrogens with one attached hydrogen (secondary N) is 1. The third-order valence-electron chi connectivity index (χ3n) is 5.25. The predicted octanol–water partition coefficient (Wildman–Crippen LogP) is 3.26. The molecule has 0 atom stereocenters. The molecule has 0 saturated carbocycles. The normalized spacial score (nSPS) is 10.8. The molecule has 4 heterocycles. The van der Waals surface area contributed by atoms with Crippen LogP contribution in [0, 0.1) is 6.92 Å². The Hall–Kier alpha value is -4.18. The summed E-state index contributed by atoms with van der Waals surface area (Å²) in [6.45, 7) is 1.95. The Kier molecular flexibility index (Phi) is 6.33. The van der Waals surface area contributed by atoms with E-state index in [2.05, 4.69) is 20.3 Å². The van der Waals surface area contributed by atoms with E-state index in [1.807, 2.05) is 0 Å². The lowest BCUT2D eigenvalue weighted by Gasteiger charge is -2.10. The molecule has 0 aliphatic rings. The summed E-state index contributed by atoms with van der Waals surface area (Å²) >= 11 is 6.32. The molecule has 0 unspecified atom stereocenters. The summed E-state index contributed by atoms with van der Waals surface area (Å²) in [6, 6.07) is 6.34. The van der Waals surface area contributed by atoms with Crippen LogP contribution in [0.3, 0.4) is 0 Å². The molecule has 1 amide bonds. The molecular weight excluding hydrogens is 460 g/mol. The number of rotatable bonds is 7. The number of hydrogen-bond acceptors (Lipinski definition) is 8. The quantitative estimate of drug-likeness (QED) is 0.304. The Morgan fingerprint density at radius 3 is 2.62 bits per heavy atom. The highest BCUT2D eigenvalue weighted by atomic mass is 35.5. The van der Waals surface area contributed by atoms with Gasteiger partial charge in [0.05, 0.1) is 55.1 Å². The number of pyridine rings is 3. The number of aromatic nitrogens is 4. The molecule has 3 N–H and O–H groups in total. The standard InChI is InChI=1S/C23H21ClN6O4/c1-12-20(21(31)23(32)29-14-4-5-26-19(7-14)34-3)16-8-15(33-2)10-28-22(16)30(12)11-18-17(24)6-13(25)9-27-18/h4-10H,11,25H2,1-3H3,(H,26,29,32). The van der Waals surface area contributed by atoms with Crippen LogP contribution in [0.1, 0.15) is 21.7 Å². The number of nitrogens with two attached hydrogens (primary N) is 1. The summed E-state index contributed by atoms with van der Waals surface area (Å²) in [6.07, 6.45) is 4.50. The van der Waals surface area contributed by atoms with E-state index in [0.717, 1.165) is 0 Å². The minimum atomic E-state index is -0.818. The number of ketones is 1. The summed E-state index contributed by atoms with van der Waals surface area (Å²) in [5.41, 5.74) is 8.31. The van der Waals surface area contributed by atoms with Crippen molar-refractivity contribution in [2.75, 3.05) is 25.3 Å². The molecule has 0 aliphatic heterocycles. The third-order valence-corrected chi connectivity index (χ3v) is 5.58. The van der Waals surface area contributed by atoms with Crippen molar-refractivity contribution in [3.05, 3.63) is 64.8 Å². The zero-order chi connectivity index (χ0) is 24.4. The first-order valence-electron chi connectivity index (χ1n) is 10.1. The average Bonchev–Trinajstić information content (AvgIpc) is 3.10. The van der Waals surface area contributed by atoms with Crippen molar-refractivity contribution < 1.29 is 19.1 Å². The molecule has 4 rings (SSSR count). The lowest BCUT2D eigenvalue weighted by Crippen LogP contribution is -2.23. The Morgan fingerprint density at radius 1 is 1.12 bits per heavy atom. The third kappa shape index (κ3) is 4.35. The number of carbonyl (C=O) groups excluding carboxylic acids is 2. The largest absolute Gasteiger partial charge is 0.495 e. The highest BCUT2D eigenvalue weighted by Gasteiger charge is 2.27. The van der Waals surface area contributed by atoms with Crippen molar-refractivity contribution in [3.8, 4) is 11.6 Å². The van der Waals surface area contributed by atoms with E-state index in [9.17, 15) is 9.59 Å². The molecule has 0 bridgehead atoms. The van der Waals surface area contributed by atoms with E-state index in [-0.39, 0.29) is 12.1 Å². The minimum Gasteiger partial charge on any atom is -0.495 e. The minimum absolute atomic E-state index is 0.200. The van der Waals surface area contributed by atoms with E-state index in [4.69, 9.17) is 26.8 Å². The number of nitrogens with zero attached hydrogens (tertiary/aromatic N) is 4. The number of amides is 1. The maximum absolute atomic E-state index is 13.3. The average molecular weight is 481 g/mol. The van der Waals surface area contributed by atoms with Crippen LogP contribution >= 0.6 is 11.6 Å². The second-order valence-corrected chi connectivity index (χ2v) is 7.77. The number of nitrogen functional groups attached to an aromatic ring is 1. The van der Waals surface area contributed by atoms with Crippen LogP contribution in [0.2, 0.25) is 5.02 Å². The molecule has 0 aliphatic carbocycles. The van der Waals surface area contributed by atoms with Crippen LogP contribution in [-0.2, 0) is 11.3 Å². The number of hydrogen-bond donors (Lipinski definition) is 2. The van der Waals surface area contributed by atoms with Gasteiger partial charge in [-0.2, -0.15) is 0 Å². The topological polar surface area (TPSA) is 134 Å². The van der Waals surface area contributed by atoms with Gasteiger partial charge in [-0.05, 0) is 25.1 Å². The van der Waals surface area contributed by atoms with Gasteiger partial charge in [0, 0.05) is 29.0 Å². The molecule has 174 valence electrons. The lowest BCUT2D eigenvalue weighted by molar-refractivity contribution is -0.112. The molecule has 0 spiro atoms. The van der Waals surface area contributed by atoms with Crippen molar-refractivity contribution in [3.63, 3.8) is 0 Å². The summed E-state index contributed by atoms with van der Waals surface area (Å²) in [5.74, 6) is -0.799. The van der Waals surface area contributed by atoms with Crippen LogP contribution < -0.4 is 20.5 Å². The van der Waals surface area contributed by atoms with Gasteiger partial charge in [-0.3, -0.25) is 14.6 Å². The maximum Gasteiger partial charge on any atom is 0.296 e. The van der Waals surface area contributed by atoms with Crippen LogP contribution in [0.4, 0.5) is 11.4 Å². The summed E-state index contributed by atoms with van der Waals surface area (Å²) in [5, 5.41) is 3.44. The highest BCUT2D eigenvalue weighted by Crippen LogP contribution is 2.30. The van der Waals surface area contributed by atoms with Crippen molar-refractivity contribution in [2.24, 2.45) is 0 Å². The van der Waals surface area contributed by atoms with Gasteiger partial charge in [-0.25, -0.2) is 9.97 Å².